The second-order valence-electron chi connectivity index (χ2n) is 5.52. The van der Waals surface area contributed by atoms with Crippen LogP contribution < -0.4 is 170 Å². The molecule has 0 aliphatic heterocycles. The van der Waals surface area contributed by atoms with Crippen LogP contribution in [0.4, 0.5) is 0 Å². The average Bonchev–Trinajstić information content (AvgIpc) is 2.48. The second kappa shape index (κ2) is 32.5. The molecule has 0 saturated heterocycles. The molecule has 132 valence electrons. The Bertz CT molecular complexity index is 273. The molecule has 0 radical (unpaired) electrons. The van der Waals surface area contributed by atoms with Crippen LogP contribution in [-0.4, -0.2) is 18.0 Å². The van der Waals surface area contributed by atoms with E-state index in [0.29, 0.717) is 0 Å². The third-order valence-corrected chi connectivity index (χ3v) is 3.32. The quantitative estimate of drug-likeness (QED) is 0.177. The number of carboxylic acids is 2. The molecule has 1 unspecified atom stereocenters. The Morgan fingerprint density at radius 2 is 1.28 bits per heavy atom. The average molecular weight is 432 g/mol. The van der Waals surface area contributed by atoms with Gasteiger partial charge in [-0.05, 0) is 12.8 Å². The summed E-state index contributed by atoms with van der Waals surface area (Å²) in [6.45, 7) is 6.12. The van der Waals surface area contributed by atoms with Gasteiger partial charge in [-0.1, -0.05) is 64.7 Å². The predicted octanol–water partition coefficient (Wildman–Crippen LogP) is -7.65. The number of hydrogen-bond acceptors (Lipinski definition) is 5. The van der Waals surface area contributed by atoms with Crippen molar-refractivity contribution in [1.82, 2.24) is 0 Å². The van der Waals surface area contributed by atoms with Crippen LogP contribution in [0.25, 0.3) is 0 Å². The predicted molar refractivity (Wildman–Crippen MR) is 84.4 cm³/mol. The van der Waals surface area contributed by atoms with Gasteiger partial charge in [-0.2, -0.15) is 6.42 Å². The van der Waals surface area contributed by atoms with Crippen LogP contribution in [0, 0.1) is 6.92 Å². The molecule has 0 amide bonds. The second-order valence-corrected chi connectivity index (χ2v) is 5.52. The van der Waals surface area contributed by atoms with E-state index in [-0.39, 0.29) is 167 Å². The van der Waals surface area contributed by atoms with E-state index in [1.165, 1.54) is 57.8 Å². The molecular weight excluding hydrogens is 399 g/mol. The molecule has 0 aliphatic rings. The minimum Gasteiger partial charge on any atom is -0.550 e. The maximum Gasteiger partial charge on any atom is 1.00 e. The number of hydrogen-bond donors (Lipinski definition) is 1. The van der Waals surface area contributed by atoms with Crippen molar-refractivity contribution in [3.8, 4) is 0 Å². The Balaban J connectivity index is -0.0000000964. The van der Waals surface area contributed by atoms with Gasteiger partial charge >= 0.3 is 154 Å². The van der Waals surface area contributed by atoms with E-state index in [2.05, 4.69) is 13.8 Å². The monoisotopic (exact) mass is 431 g/mol. The zero-order valence-corrected chi connectivity index (χ0v) is 26.3. The van der Waals surface area contributed by atoms with Gasteiger partial charge in [0.1, 0.15) is 0 Å². The van der Waals surface area contributed by atoms with Gasteiger partial charge < -0.3 is 32.5 Å². The van der Waals surface area contributed by atoms with Crippen LogP contribution in [0.3, 0.4) is 0 Å². The minimum atomic E-state index is -1.44. The molecule has 8 heteroatoms. The van der Waals surface area contributed by atoms with E-state index in [9.17, 15) is 19.8 Å². The van der Waals surface area contributed by atoms with Crippen molar-refractivity contribution < 1.29 is 174 Å². The van der Waals surface area contributed by atoms with Gasteiger partial charge in [-0.15, -0.1) is 0 Å². The molecule has 5 nitrogen and oxygen atoms in total. The summed E-state index contributed by atoms with van der Waals surface area (Å²) in [7, 11) is 0. The van der Waals surface area contributed by atoms with Crippen molar-refractivity contribution in [3.05, 3.63) is 6.92 Å². The molecule has 2 N–H and O–H groups in total. The van der Waals surface area contributed by atoms with Crippen LogP contribution in [0.15, 0.2) is 0 Å². The molecule has 0 saturated carbocycles. The summed E-state index contributed by atoms with van der Waals surface area (Å²) in [5.41, 5.74) is 4.91. The molecule has 0 fully saturated rings. The molecule has 0 heterocycles. The van der Waals surface area contributed by atoms with Crippen molar-refractivity contribution in [2.45, 2.75) is 90.0 Å². The van der Waals surface area contributed by atoms with Gasteiger partial charge in [0, 0.05) is 12.0 Å². The zero-order chi connectivity index (χ0) is 17.2. The van der Waals surface area contributed by atoms with Gasteiger partial charge in [0.15, 0.2) is 0 Å². The Kier molecular flexibility index (Phi) is 51.1. The summed E-state index contributed by atoms with van der Waals surface area (Å²) in [4.78, 5) is 19.6. The number of carbonyl (C=O) groups is 2. The van der Waals surface area contributed by atoms with E-state index in [0.717, 1.165) is 6.42 Å². The number of carboxylic acid groups (broad SMARTS) is 2. The smallest absolute Gasteiger partial charge is 0.550 e. The number of rotatable bonds is 13. The molecular formula is C17H32K3NO4. The van der Waals surface area contributed by atoms with E-state index >= 15 is 0 Å². The SMILES string of the molecule is NC(CCC(=O)[O-])C(=O)[O-].[CH2-]CCCCCCCCCCC.[K+].[K+].[K+]. The molecule has 0 bridgehead atoms. The molecule has 0 spiro atoms. The minimum absolute atomic E-state index is 0. The van der Waals surface area contributed by atoms with Crippen molar-refractivity contribution in [2.24, 2.45) is 5.73 Å². The van der Waals surface area contributed by atoms with Crippen LogP contribution in [0.1, 0.15) is 84.0 Å². The van der Waals surface area contributed by atoms with Crippen LogP contribution >= 0.6 is 0 Å². The van der Waals surface area contributed by atoms with Crippen molar-refractivity contribution >= 4 is 11.9 Å². The molecule has 0 rings (SSSR count). The van der Waals surface area contributed by atoms with Gasteiger partial charge in [-0.25, -0.2) is 0 Å². The van der Waals surface area contributed by atoms with E-state index < -0.39 is 18.0 Å². The standard InChI is InChI=1S/C12H25.C5H9NO4.3K/c1-3-5-7-9-11-12-10-8-6-4-2;6-3(5(9)10)1-2-4(7)8;;;/h1,3-12H2,2H3;3H,1-2,6H2,(H,7,8)(H,9,10);;;/q-1;;3*+1/p-2. The largest absolute Gasteiger partial charge is 1.00 e. The third-order valence-electron chi connectivity index (χ3n) is 3.32. The van der Waals surface area contributed by atoms with Crippen LogP contribution in [0.2, 0.25) is 0 Å². The first-order chi connectivity index (χ1) is 10.5. The van der Waals surface area contributed by atoms with Crippen molar-refractivity contribution in [1.29, 1.82) is 0 Å². The summed E-state index contributed by atoms with van der Waals surface area (Å²) >= 11 is 0. The number of unbranched alkanes of at least 4 members (excludes halogenated alkanes) is 9. The number of nitrogens with two attached hydrogens (primary N) is 1. The molecule has 0 aromatic carbocycles. The number of aliphatic carboxylic acids is 2. The van der Waals surface area contributed by atoms with E-state index in [4.69, 9.17) is 5.73 Å². The van der Waals surface area contributed by atoms with Crippen LogP contribution in [-0.2, 0) is 9.59 Å². The fraction of sp³-hybridized carbons (Fsp3) is 0.824. The normalized spacial score (nSPS) is 10.0. The molecule has 1 atom stereocenters. The fourth-order valence-electron chi connectivity index (χ4n) is 1.88. The van der Waals surface area contributed by atoms with Gasteiger partial charge in [0.05, 0.1) is 5.97 Å². The van der Waals surface area contributed by atoms with Crippen LogP contribution in [0.5, 0.6) is 0 Å². The summed E-state index contributed by atoms with van der Waals surface area (Å²) in [5, 5.41) is 19.6. The fourth-order valence-corrected chi connectivity index (χ4v) is 1.88. The number of carbonyl (C=O) groups excluding carboxylic acids is 2. The first-order valence-electron chi connectivity index (χ1n) is 8.41. The Morgan fingerprint density at radius 3 is 1.60 bits per heavy atom. The maximum absolute atomic E-state index is 9.86. The molecule has 0 aliphatic carbocycles. The van der Waals surface area contributed by atoms with Gasteiger partial charge in [0.25, 0.3) is 0 Å². The van der Waals surface area contributed by atoms with E-state index in [1.54, 1.807) is 0 Å². The molecule has 0 aromatic heterocycles. The molecule has 25 heavy (non-hydrogen) atoms. The zero-order valence-electron chi connectivity index (χ0n) is 17.0. The van der Waals surface area contributed by atoms with Gasteiger partial charge in [-0.3, -0.25) is 0 Å². The summed E-state index contributed by atoms with van der Waals surface area (Å²) in [6, 6.07) is -1.21. The Morgan fingerprint density at radius 1 is 0.880 bits per heavy atom. The third kappa shape index (κ3) is 38.9. The summed E-state index contributed by atoms with van der Waals surface area (Å²) in [6.07, 6.45) is 13.4. The molecule has 0 aromatic rings. The van der Waals surface area contributed by atoms with Gasteiger partial charge in [0.2, 0.25) is 0 Å². The van der Waals surface area contributed by atoms with E-state index in [1.807, 2.05) is 0 Å². The Hall–Kier alpha value is 3.81. The summed E-state index contributed by atoms with van der Waals surface area (Å²) in [5.74, 6) is -2.75. The first kappa shape index (κ1) is 39.3. The Labute approximate surface area is 282 Å². The topological polar surface area (TPSA) is 106 Å². The maximum atomic E-state index is 9.86. The van der Waals surface area contributed by atoms with Crippen molar-refractivity contribution in [3.63, 3.8) is 0 Å². The first-order valence-corrected chi connectivity index (χ1v) is 8.41. The summed E-state index contributed by atoms with van der Waals surface area (Å²) < 4.78 is 0. The van der Waals surface area contributed by atoms with Crippen molar-refractivity contribution in [2.75, 3.05) is 0 Å².